The van der Waals surface area contributed by atoms with E-state index in [1.165, 1.54) is 10.4 Å². The van der Waals surface area contributed by atoms with Crippen LogP contribution in [0.5, 0.6) is 0 Å². The van der Waals surface area contributed by atoms with Crippen LogP contribution < -0.4 is 0 Å². The first-order valence-electron chi connectivity index (χ1n) is 5.84. The number of halogens is 1. The summed E-state index contributed by atoms with van der Waals surface area (Å²) in [7, 11) is 0. The molecule has 92 valence electrons. The zero-order chi connectivity index (χ0) is 12.5. The van der Waals surface area contributed by atoms with E-state index in [4.69, 9.17) is 11.6 Å². The van der Waals surface area contributed by atoms with E-state index in [0.29, 0.717) is 10.6 Å². The third kappa shape index (κ3) is 2.16. The molecule has 0 aliphatic carbocycles. The average Bonchev–Trinajstić information content (AvgIpc) is 2.86. The number of amides is 1. The standard InChI is InChI=1S/C14H12ClNOS/c15-12-3-1-10(2-4-12)14(17)16-7-5-13-11(9-16)6-8-18-13/h1-4,6,8H,5,7,9H2. The number of benzene rings is 1. The molecule has 18 heavy (non-hydrogen) atoms. The molecular weight excluding hydrogens is 266 g/mol. The van der Waals surface area contributed by atoms with Gasteiger partial charge in [-0.1, -0.05) is 11.6 Å². The Balaban J connectivity index is 1.80. The Kier molecular flexibility index (Phi) is 3.10. The third-order valence-corrected chi connectivity index (χ3v) is 4.46. The molecule has 0 bridgehead atoms. The number of thiophene rings is 1. The molecule has 2 heterocycles. The van der Waals surface area contributed by atoms with E-state index in [0.717, 1.165) is 19.5 Å². The van der Waals surface area contributed by atoms with Gasteiger partial charge in [-0.15, -0.1) is 11.3 Å². The highest BCUT2D eigenvalue weighted by atomic mass is 35.5. The minimum atomic E-state index is 0.0866. The van der Waals surface area contributed by atoms with Gasteiger partial charge in [-0.25, -0.2) is 0 Å². The number of rotatable bonds is 1. The highest BCUT2D eigenvalue weighted by Crippen LogP contribution is 2.25. The van der Waals surface area contributed by atoms with Crippen molar-refractivity contribution in [3.05, 3.63) is 56.7 Å². The highest BCUT2D eigenvalue weighted by Gasteiger charge is 2.22. The first kappa shape index (κ1) is 11.8. The topological polar surface area (TPSA) is 20.3 Å². The fraction of sp³-hybridized carbons (Fsp3) is 0.214. The van der Waals surface area contributed by atoms with Crippen molar-refractivity contribution >= 4 is 28.8 Å². The van der Waals surface area contributed by atoms with Crippen molar-refractivity contribution in [3.63, 3.8) is 0 Å². The van der Waals surface area contributed by atoms with Crippen molar-refractivity contribution in [1.82, 2.24) is 4.90 Å². The van der Waals surface area contributed by atoms with Crippen LogP contribution in [0.15, 0.2) is 35.7 Å². The van der Waals surface area contributed by atoms with Crippen LogP contribution in [0.25, 0.3) is 0 Å². The fourth-order valence-electron chi connectivity index (χ4n) is 2.20. The number of nitrogens with zero attached hydrogens (tertiary/aromatic N) is 1. The molecule has 1 amide bonds. The zero-order valence-corrected chi connectivity index (χ0v) is 11.3. The first-order valence-corrected chi connectivity index (χ1v) is 7.10. The lowest BCUT2D eigenvalue weighted by Crippen LogP contribution is -2.35. The summed E-state index contributed by atoms with van der Waals surface area (Å²) in [6.07, 6.45) is 0.965. The Hall–Kier alpha value is -1.32. The number of hydrogen-bond donors (Lipinski definition) is 0. The van der Waals surface area contributed by atoms with Gasteiger partial charge in [0.2, 0.25) is 0 Å². The van der Waals surface area contributed by atoms with Crippen molar-refractivity contribution in [2.75, 3.05) is 6.54 Å². The van der Waals surface area contributed by atoms with E-state index in [-0.39, 0.29) is 5.91 Å². The van der Waals surface area contributed by atoms with Gasteiger partial charge in [0.05, 0.1) is 0 Å². The molecule has 2 aromatic rings. The van der Waals surface area contributed by atoms with E-state index in [2.05, 4.69) is 11.4 Å². The van der Waals surface area contributed by atoms with Gasteiger partial charge in [0.15, 0.2) is 0 Å². The van der Waals surface area contributed by atoms with Gasteiger partial charge in [-0.3, -0.25) is 4.79 Å². The van der Waals surface area contributed by atoms with Crippen LogP contribution in [0.1, 0.15) is 20.8 Å². The second-order valence-corrected chi connectivity index (χ2v) is 5.79. The van der Waals surface area contributed by atoms with E-state index < -0.39 is 0 Å². The SMILES string of the molecule is O=C(c1ccc(Cl)cc1)N1CCc2sccc2C1. The van der Waals surface area contributed by atoms with Crippen LogP contribution >= 0.6 is 22.9 Å². The van der Waals surface area contributed by atoms with E-state index >= 15 is 0 Å². The van der Waals surface area contributed by atoms with Gasteiger partial charge in [-0.05, 0) is 47.7 Å². The van der Waals surface area contributed by atoms with Crippen LogP contribution in [0, 0.1) is 0 Å². The maximum atomic E-state index is 12.3. The minimum absolute atomic E-state index is 0.0866. The Morgan fingerprint density at radius 1 is 1.22 bits per heavy atom. The van der Waals surface area contributed by atoms with Crippen LogP contribution in [-0.2, 0) is 13.0 Å². The van der Waals surface area contributed by atoms with Crippen molar-refractivity contribution in [2.45, 2.75) is 13.0 Å². The monoisotopic (exact) mass is 277 g/mol. The predicted octanol–water partition coefficient (Wildman–Crippen LogP) is 3.60. The lowest BCUT2D eigenvalue weighted by Gasteiger charge is -2.27. The quantitative estimate of drug-likeness (QED) is 0.780. The molecule has 0 N–H and O–H groups in total. The summed E-state index contributed by atoms with van der Waals surface area (Å²) in [5.41, 5.74) is 1.99. The predicted molar refractivity (Wildman–Crippen MR) is 74.2 cm³/mol. The Labute approximate surface area is 115 Å². The molecule has 1 aromatic carbocycles. The lowest BCUT2D eigenvalue weighted by molar-refractivity contribution is 0.0736. The fourth-order valence-corrected chi connectivity index (χ4v) is 3.21. The normalized spacial score (nSPS) is 14.4. The second-order valence-electron chi connectivity index (χ2n) is 4.35. The van der Waals surface area contributed by atoms with Crippen molar-refractivity contribution in [1.29, 1.82) is 0 Å². The molecule has 0 spiro atoms. The van der Waals surface area contributed by atoms with Crippen LogP contribution in [-0.4, -0.2) is 17.4 Å². The second kappa shape index (κ2) is 4.75. The van der Waals surface area contributed by atoms with Crippen LogP contribution in [0.2, 0.25) is 5.02 Å². The summed E-state index contributed by atoms with van der Waals surface area (Å²) in [5.74, 6) is 0.0866. The zero-order valence-electron chi connectivity index (χ0n) is 9.73. The summed E-state index contributed by atoms with van der Waals surface area (Å²) in [5, 5.41) is 2.76. The van der Waals surface area contributed by atoms with Crippen molar-refractivity contribution in [2.24, 2.45) is 0 Å². The Morgan fingerprint density at radius 3 is 2.78 bits per heavy atom. The smallest absolute Gasteiger partial charge is 0.254 e. The van der Waals surface area contributed by atoms with Gasteiger partial charge in [0, 0.05) is 28.6 Å². The summed E-state index contributed by atoms with van der Waals surface area (Å²) in [6.45, 7) is 1.52. The Bertz CT molecular complexity index is 576. The molecule has 0 saturated carbocycles. The molecule has 1 aromatic heterocycles. The average molecular weight is 278 g/mol. The largest absolute Gasteiger partial charge is 0.334 e. The molecule has 3 rings (SSSR count). The number of carbonyl (C=O) groups excluding carboxylic acids is 1. The molecule has 0 radical (unpaired) electrons. The molecule has 1 aliphatic heterocycles. The van der Waals surface area contributed by atoms with Gasteiger partial charge in [0.25, 0.3) is 5.91 Å². The third-order valence-electron chi connectivity index (χ3n) is 3.19. The maximum absolute atomic E-state index is 12.3. The van der Waals surface area contributed by atoms with Crippen LogP contribution in [0.3, 0.4) is 0 Å². The van der Waals surface area contributed by atoms with Crippen LogP contribution in [0.4, 0.5) is 0 Å². The molecule has 0 unspecified atom stereocenters. The number of hydrogen-bond acceptors (Lipinski definition) is 2. The first-order chi connectivity index (χ1) is 8.74. The minimum Gasteiger partial charge on any atom is -0.334 e. The number of carbonyl (C=O) groups is 1. The molecular formula is C14H12ClNOS. The molecule has 0 saturated heterocycles. The summed E-state index contributed by atoms with van der Waals surface area (Å²) < 4.78 is 0. The molecule has 2 nitrogen and oxygen atoms in total. The highest BCUT2D eigenvalue weighted by molar-refractivity contribution is 7.10. The Morgan fingerprint density at radius 2 is 2.00 bits per heavy atom. The number of fused-ring (bicyclic) bond motifs is 1. The summed E-state index contributed by atoms with van der Waals surface area (Å²) >= 11 is 7.61. The maximum Gasteiger partial charge on any atom is 0.254 e. The van der Waals surface area contributed by atoms with E-state index in [9.17, 15) is 4.79 Å². The molecule has 4 heteroatoms. The van der Waals surface area contributed by atoms with Gasteiger partial charge in [0.1, 0.15) is 0 Å². The molecule has 1 aliphatic rings. The van der Waals surface area contributed by atoms with Gasteiger partial charge < -0.3 is 4.90 Å². The summed E-state index contributed by atoms with van der Waals surface area (Å²) in [6, 6.07) is 9.20. The summed E-state index contributed by atoms with van der Waals surface area (Å²) in [4.78, 5) is 15.6. The van der Waals surface area contributed by atoms with Crippen molar-refractivity contribution in [3.8, 4) is 0 Å². The van der Waals surface area contributed by atoms with Gasteiger partial charge >= 0.3 is 0 Å². The van der Waals surface area contributed by atoms with Gasteiger partial charge in [-0.2, -0.15) is 0 Å². The van der Waals surface area contributed by atoms with E-state index in [1.54, 1.807) is 35.6 Å². The molecule has 0 atom stereocenters. The van der Waals surface area contributed by atoms with E-state index in [1.807, 2.05) is 4.90 Å². The van der Waals surface area contributed by atoms with Crippen molar-refractivity contribution < 1.29 is 4.79 Å². The molecule has 0 fully saturated rings. The lowest BCUT2D eigenvalue weighted by atomic mass is 10.1.